The first-order valence-corrected chi connectivity index (χ1v) is 9.10. The third kappa shape index (κ3) is 3.71. The fourth-order valence-electron chi connectivity index (χ4n) is 4.08. The molecule has 136 valence electrons. The molecule has 2 fully saturated rings. The summed E-state index contributed by atoms with van der Waals surface area (Å²) in [7, 11) is 0. The Labute approximate surface area is 149 Å². The highest BCUT2D eigenvalue weighted by Gasteiger charge is 2.46. The third-order valence-corrected chi connectivity index (χ3v) is 5.92. The van der Waals surface area contributed by atoms with Gasteiger partial charge in [0.25, 0.3) is 0 Å². The Kier molecular flexibility index (Phi) is 4.87. The number of benzene rings is 1. The van der Waals surface area contributed by atoms with Crippen molar-refractivity contribution in [1.29, 1.82) is 0 Å². The summed E-state index contributed by atoms with van der Waals surface area (Å²) in [6, 6.07) is 6.19. The van der Waals surface area contributed by atoms with E-state index in [-0.39, 0.29) is 17.7 Å². The van der Waals surface area contributed by atoms with Crippen LogP contribution in [0, 0.1) is 19.8 Å². The standard InChI is InChI=1S/C20H28N2O3/c1-14-4-5-15(2)17(10-14)11-19(24)22-9-7-20(25)6-8-21(16(3)23)12-18(20)13-22/h4-5,10,18,25H,6-9,11-13H2,1-3H3/t18-,20-/m1/s1. The van der Waals surface area contributed by atoms with Crippen LogP contribution in [-0.4, -0.2) is 58.5 Å². The van der Waals surface area contributed by atoms with Crippen molar-refractivity contribution in [2.75, 3.05) is 26.2 Å². The molecule has 0 aliphatic carbocycles. The van der Waals surface area contributed by atoms with E-state index < -0.39 is 5.60 Å². The van der Waals surface area contributed by atoms with E-state index in [0.29, 0.717) is 45.4 Å². The number of hydrogen-bond donors (Lipinski definition) is 1. The van der Waals surface area contributed by atoms with Crippen LogP contribution in [0.25, 0.3) is 0 Å². The van der Waals surface area contributed by atoms with E-state index in [1.54, 1.807) is 11.8 Å². The summed E-state index contributed by atoms with van der Waals surface area (Å²) in [5.41, 5.74) is 2.63. The lowest BCUT2D eigenvalue weighted by atomic mass is 9.75. The van der Waals surface area contributed by atoms with Crippen molar-refractivity contribution in [1.82, 2.24) is 9.80 Å². The van der Waals surface area contributed by atoms with Gasteiger partial charge in [0.15, 0.2) is 0 Å². The van der Waals surface area contributed by atoms with Gasteiger partial charge in [0.1, 0.15) is 0 Å². The summed E-state index contributed by atoms with van der Waals surface area (Å²) in [4.78, 5) is 28.1. The van der Waals surface area contributed by atoms with Gasteiger partial charge in [-0.05, 0) is 37.8 Å². The minimum Gasteiger partial charge on any atom is -0.389 e. The highest BCUT2D eigenvalue weighted by Crippen LogP contribution is 2.35. The molecule has 0 saturated carbocycles. The smallest absolute Gasteiger partial charge is 0.227 e. The Bertz CT molecular complexity index is 688. The Morgan fingerprint density at radius 2 is 1.80 bits per heavy atom. The molecule has 2 saturated heterocycles. The average molecular weight is 344 g/mol. The predicted octanol–water partition coefficient (Wildman–Crippen LogP) is 1.68. The SMILES string of the molecule is CC(=O)N1CC[C@@]2(O)CCN(C(=O)Cc3cc(C)ccc3C)C[C@H]2C1. The first kappa shape index (κ1) is 17.9. The summed E-state index contributed by atoms with van der Waals surface area (Å²) in [5, 5.41) is 10.9. The summed E-state index contributed by atoms with van der Waals surface area (Å²) in [5.74, 6) is 0.0954. The molecule has 1 aromatic carbocycles. The molecular weight excluding hydrogens is 316 g/mol. The van der Waals surface area contributed by atoms with Crippen LogP contribution in [0.3, 0.4) is 0 Å². The lowest BCUT2D eigenvalue weighted by Gasteiger charge is -2.50. The van der Waals surface area contributed by atoms with Gasteiger partial charge in [-0.25, -0.2) is 0 Å². The van der Waals surface area contributed by atoms with Gasteiger partial charge >= 0.3 is 0 Å². The molecule has 0 spiro atoms. The second-order valence-electron chi connectivity index (χ2n) is 7.71. The van der Waals surface area contributed by atoms with Gasteiger partial charge in [-0.1, -0.05) is 23.8 Å². The molecule has 0 bridgehead atoms. The number of carbonyl (C=O) groups excluding carboxylic acids is 2. The molecular formula is C20H28N2O3. The van der Waals surface area contributed by atoms with Crippen LogP contribution >= 0.6 is 0 Å². The van der Waals surface area contributed by atoms with Gasteiger partial charge < -0.3 is 14.9 Å². The van der Waals surface area contributed by atoms with Crippen LogP contribution in [0.5, 0.6) is 0 Å². The van der Waals surface area contributed by atoms with Gasteiger partial charge in [-0.3, -0.25) is 9.59 Å². The van der Waals surface area contributed by atoms with Crippen molar-refractivity contribution in [2.45, 2.75) is 45.6 Å². The number of aliphatic hydroxyl groups is 1. The topological polar surface area (TPSA) is 60.9 Å². The normalized spacial score (nSPS) is 26.3. The van der Waals surface area contributed by atoms with E-state index >= 15 is 0 Å². The van der Waals surface area contributed by atoms with Crippen LogP contribution in [0.1, 0.15) is 36.5 Å². The molecule has 2 heterocycles. The summed E-state index contributed by atoms with van der Waals surface area (Å²) in [6.07, 6.45) is 1.60. The maximum atomic E-state index is 12.8. The molecule has 0 unspecified atom stereocenters. The number of nitrogens with zero attached hydrogens (tertiary/aromatic N) is 2. The Balaban J connectivity index is 1.68. The van der Waals surface area contributed by atoms with Gasteiger partial charge in [0.05, 0.1) is 12.0 Å². The fraction of sp³-hybridized carbons (Fsp3) is 0.600. The lowest BCUT2D eigenvalue weighted by molar-refractivity contribution is -0.152. The highest BCUT2D eigenvalue weighted by atomic mass is 16.3. The van der Waals surface area contributed by atoms with Crippen molar-refractivity contribution in [2.24, 2.45) is 5.92 Å². The largest absolute Gasteiger partial charge is 0.389 e. The number of rotatable bonds is 2. The van der Waals surface area contributed by atoms with Gasteiger partial charge in [-0.15, -0.1) is 0 Å². The van der Waals surface area contributed by atoms with Crippen LogP contribution in [0.15, 0.2) is 18.2 Å². The zero-order chi connectivity index (χ0) is 18.2. The zero-order valence-electron chi connectivity index (χ0n) is 15.4. The van der Waals surface area contributed by atoms with Crippen molar-refractivity contribution >= 4 is 11.8 Å². The van der Waals surface area contributed by atoms with E-state index in [2.05, 4.69) is 18.2 Å². The van der Waals surface area contributed by atoms with E-state index in [1.807, 2.05) is 18.7 Å². The Hall–Kier alpha value is -1.88. The first-order chi connectivity index (χ1) is 11.8. The predicted molar refractivity (Wildman–Crippen MR) is 96.1 cm³/mol. The van der Waals surface area contributed by atoms with Crippen molar-refractivity contribution in [3.8, 4) is 0 Å². The third-order valence-electron chi connectivity index (χ3n) is 5.92. The first-order valence-electron chi connectivity index (χ1n) is 9.10. The molecule has 2 amide bonds. The highest BCUT2D eigenvalue weighted by molar-refractivity contribution is 5.79. The van der Waals surface area contributed by atoms with Crippen molar-refractivity contribution in [3.05, 3.63) is 34.9 Å². The number of hydrogen-bond acceptors (Lipinski definition) is 3. The fourth-order valence-corrected chi connectivity index (χ4v) is 4.08. The van der Waals surface area contributed by atoms with E-state index in [9.17, 15) is 14.7 Å². The van der Waals surface area contributed by atoms with Crippen molar-refractivity contribution in [3.63, 3.8) is 0 Å². The second-order valence-corrected chi connectivity index (χ2v) is 7.71. The average Bonchev–Trinajstić information content (AvgIpc) is 2.56. The number of likely N-dealkylation sites (tertiary alicyclic amines) is 2. The number of carbonyl (C=O) groups is 2. The molecule has 0 radical (unpaired) electrons. The summed E-state index contributed by atoms with van der Waals surface area (Å²) < 4.78 is 0. The summed E-state index contributed by atoms with van der Waals surface area (Å²) >= 11 is 0. The maximum Gasteiger partial charge on any atom is 0.227 e. The monoisotopic (exact) mass is 344 g/mol. The molecule has 5 nitrogen and oxygen atoms in total. The molecule has 3 rings (SSSR count). The number of piperidine rings is 2. The quantitative estimate of drug-likeness (QED) is 0.888. The number of aryl methyl sites for hydroxylation is 2. The van der Waals surface area contributed by atoms with E-state index in [0.717, 1.165) is 16.7 Å². The van der Waals surface area contributed by atoms with Crippen LogP contribution in [-0.2, 0) is 16.0 Å². The van der Waals surface area contributed by atoms with Crippen LogP contribution in [0.4, 0.5) is 0 Å². The van der Waals surface area contributed by atoms with E-state index in [4.69, 9.17) is 0 Å². The Morgan fingerprint density at radius 1 is 1.16 bits per heavy atom. The van der Waals surface area contributed by atoms with Crippen LogP contribution < -0.4 is 0 Å². The van der Waals surface area contributed by atoms with Crippen LogP contribution in [0.2, 0.25) is 0 Å². The zero-order valence-corrected chi connectivity index (χ0v) is 15.4. The number of fused-ring (bicyclic) bond motifs is 1. The van der Waals surface area contributed by atoms with Gasteiger partial charge in [0, 0.05) is 39.0 Å². The molecule has 5 heteroatoms. The maximum absolute atomic E-state index is 12.8. The molecule has 2 aliphatic rings. The molecule has 1 N–H and O–H groups in total. The van der Waals surface area contributed by atoms with Gasteiger partial charge in [-0.2, -0.15) is 0 Å². The Morgan fingerprint density at radius 3 is 2.48 bits per heavy atom. The minimum absolute atomic E-state index is 0.0425. The van der Waals surface area contributed by atoms with Gasteiger partial charge in [0.2, 0.25) is 11.8 Å². The minimum atomic E-state index is -0.734. The van der Waals surface area contributed by atoms with E-state index in [1.165, 1.54) is 0 Å². The molecule has 2 aliphatic heterocycles. The molecule has 2 atom stereocenters. The van der Waals surface area contributed by atoms with Crippen molar-refractivity contribution < 1.29 is 14.7 Å². The number of amides is 2. The molecule has 1 aromatic rings. The molecule has 25 heavy (non-hydrogen) atoms. The lowest BCUT2D eigenvalue weighted by Crippen LogP contribution is -2.61. The second kappa shape index (κ2) is 6.79. The summed E-state index contributed by atoms with van der Waals surface area (Å²) in [6.45, 7) is 7.91. The molecule has 0 aromatic heterocycles.